The van der Waals surface area contributed by atoms with Gasteiger partial charge in [0.15, 0.2) is 0 Å². The second kappa shape index (κ2) is 29.4. The van der Waals surface area contributed by atoms with Gasteiger partial charge in [-0.15, -0.1) is 68.0 Å². The monoisotopic (exact) mass is 1200 g/mol. The van der Waals surface area contributed by atoms with Crippen molar-refractivity contribution in [3.05, 3.63) is 89.6 Å². The lowest BCUT2D eigenvalue weighted by atomic mass is 9.89. The van der Waals surface area contributed by atoms with E-state index in [0.29, 0.717) is 23.7 Å². The van der Waals surface area contributed by atoms with Crippen molar-refractivity contribution in [2.75, 3.05) is 0 Å². The van der Waals surface area contributed by atoms with Crippen molar-refractivity contribution in [2.24, 2.45) is 23.7 Å². The number of halogens is 2. The number of hydrogen-bond donors (Lipinski definition) is 0. The molecule has 0 aliphatic carbocycles. The first-order valence-electron chi connectivity index (χ1n) is 27.4. The first-order valence-corrected chi connectivity index (χ1v) is 34.0. The molecule has 4 unspecified atom stereocenters. The topological polar surface area (TPSA) is 51.6 Å². The zero-order chi connectivity index (χ0) is 51.0. The van der Waals surface area contributed by atoms with Gasteiger partial charge in [-0.05, 0) is 128 Å². The summed E-state index contributed by atoms with van der Waals surface area (Å²) < 4.78 is 2.31. The van der Waals surface area contributed by atoms with Gasteiger partial charge in [-0.3, -0.25) is 0 Å². The second-order valence-corrected chi connectivity index (χ2v) is 28.7. The standard InChI is InChI=1S/C30H38Br2N2S3.C30H40N2S3/c1-5-9-11-19(7-3)17-21-22(18-20(8-4)12-10-6-2)34-28-27(33-21)29(23-13-15-25(31)35-23)37-30(28)24-14-16-26(32)36-24;1-5-9-13-21(7-3)19-23-24(20-22(8-4)14-10-6-2)32-28-27(31-23)29(25-15-11-17-33-25)35-30(28)26-16-12-18-34-26/h13-16,19-20H,5-12,17-18H2,1-4H3;11-12,15-18,21-22H,5-10,13-14,19-20H2,1-4H3. The number of thiophene rings is 6. The smallest absolute Gasteiger partial charge is 0.109 e. The van der Waals surface area contributed by atoms with E-state index in [-0.39, 0.29) is 0 Å². The zero-order valence-electron chi connectivity index (χ0n) is 44.2. The molecule has 0 amide bonds. The van der Waals surface area contributed by atoms with Gasteiger partial charge in [0.25, 0.3) is 0 Å². The Morgan fingerprint density at radius 3 is 0.889 bits per heavy atom. The van der Waals surface area contributed by atoms with Crippen LogP contribution >= 0.6 is 99.9 Å². The fourth-order valence-electron chi connectivity index (χ4n) is 9.92. The van der Waals surface area contributed by atoms with E-state index in [1.165, 1.54) is 165 Å². The van der Waals surface area contributed by atoms with Crippen LogP contribution in [0.5, 0.6) is 0 Å². The van der Waals surface area contributed by atoms with E-state index in [1.54, 1.807) is 22.7 Å². The molecule has 0 spiro atoms. The van der Waals surface area contributed by atoms with E-state index >= 15 is 0 Å². The van der Waals surface area contributed by atoms with E-state index in [2.05, 4.69) is 147 Å². The molecular formula is C60H78Br2N4S6. The maximum absolute atomic E-state index is 5.51. The van der Waals surface area contributed by atoms with Crippen LogP contribution in [0.1, 0.15) is 181 Å². The Balaban J connectivity index is 0.000000212. The van der Waals surface area contributed by atoms with Crippen LogP contribution in [0.15, 0.2) is 66.9 Å². The highest BCUT2D eigenvalue weighted by atomic mass is 79.9. The summed E-state index contributed by atoms with van der Waals surface area (Å²) in [7, 11) is 0. The van der Waals surface area contributed by atoms with E-state index < -0.39 is 0 Å². The van der Waals surface area contributed by atoms with E-state index in [4.69, 9.17) is 19.9 Å². The van der Waals surface area contributed by atoms with Crippen molar-refractivity contribution in [1.29, 1.82) is 0 Å². The van der Waals surface area contributed by atoms with Crippen molar-refractivity contribution in [3.63, 3.8) is 0 Å². The molecule has 0 aliphatic heterocycles. The minimum Gasteiger partial charge on any atom is -0.248 e. The van der Waals surface area contributed by atoms with E-state index in [0.717, 1.165) is 55.3 Å². The summed E-state index contributed by atoms with van der Waals surface area (Å²) in [5, 5.41) is 4.34. The Labute approximate surface area is 473 Å². The van der Waals surface area contributed by atoms with E-state index in [9.17, 15) is 0 Å². The van der Waals surface area contributed by atoms with E-state index in [1.807, 2.05) is 45.3 Å². The van der Waals surface area contributed by atoms with Crippen LogP contribution in [0.3, 0.4) is 0 Å². The van der Waals surface area contributed by atoms with Crippen LogP contribution < -0.4 is 0 Å². The molecule has 8 rings (SSSR count). The zero-order valence-corrected chi connectivity index (χ0v) is 52.3. The third kappa shape index (κ3) is 15.1. The molecule has 8 aromatic heterocycles. The third-order valence-corrected chi connectivity index (χ3v) is 22.6. The fraction of sp³-hybridized carbons (Fsp3) is 0.533. The summed E-state index contributed by atoms with van der Waals surface area (Å²) in [6, 6.07) is 17.5. The molecule has 388 valence electrons. The normalized spacial score (nSPS) is 13.5. The predicted octanol–water partition coefficient (Wildman–Crippen LogP) is 22.9. The Bertz CT molecular complexity index is 2650. The molecule has 0 aliphatic rings. The number of unbranched alkanes of at least 4 members (excludes halogenated alkanes) is 4. The molecule has 0 bridgehead atoms. The second-order valence-electron chi connectivity index (χ2n) is 19.8. The number of nitrogens with zero attached hydrogens (tertiary/aromatic N) is 4. The fourth-order valence-corrected chi connectivity index (χ4v) is 17.0. The molecule has 4 atom stereocenters. The molecule has 0 saturated carbocycles. The summed E-state index contributed by atoms with van der Waals surface area (Å²) in [5.41, 5.74) is 9.44. The summed E-state index contributed by atoms with van der Waals surface area (Å²) in [6.45, 7) is 18.6. The average Bonchev–Trinajstić information content (AvgIpc) is 4.28. The largest absolute Gasteiger partial charge is 0.248 e. The SMILES string of the molecule is CCCCC(CC)Cc1nc2c(-c3ccc(Br)s3)sc(-c3ccc(Br)s3)c2nc1CC(CC)CCCC.CCCCC(CC)Cc1nc2c(-c3cccs3)sc(-c3cccs3)c2nc1CC(CC)CCCC. The Morgan fingerprint density at radius 1 is 0.375 bits per heavy atom. The van der Waals surface area contributed by atoms with Crippen LogP contribution in [0.25, 0.3) is 61.1 Å². The van der Waals surface area contributed by atoms with Gasteiger partial charge in [0.2, 0.25) is 0 Å². The molecule has 0 fully saturated rings. The van der Waals surface area contributed by atoms with Gasteiger partial charge in [0, 0.05) is 19.5 Å². The van der Waals surface area contributed by atoms with Gasteiger partial charge in [-0.1, -0.05) is 170 Å². The van der Waals surface area contributed by atoms with Crippen molar-refractivity contribution >= 4 is 122 Å². The van der Waals surface area contributed by atoms with Crippen molar-refractivity contribution in [2.45, 2.75) is 184 Å². The average molecular weight is 1210 g/mol. The molecule has 8 aromatic rings. The third-order valence-electron chi connectivity index (χ3n) is 14.6. The molecule has 0 aromatic carbocycles. The predicted molar refractivity (Wildman–Crippen MR) is 332 cm³/mol. The van der Waals surface area contributed by atoms with Gasteiger partial charge in [0.1, 0.15) is 22.1 Å². The highest BCUT2D eigenvalue weighted by Crippen LogP contribution is 2.49. The first kappa shape index (κ1) is 57.5. The quantitative estimate of drug-likeness (QED) is 0.0490. The Hall–Kier alpha value is -2.16. The lowest BCUT2D eigenvalue weighted by Gasteiger charge is -2.19. The van der Waals surface area contributed by atoms with Gasteiger partial charge < -0.3 is 0 Å². The first-order chi connectivity index (χ1) is 35.1. The van der Waals surface area contributed by atoms with Crippen LogP contribution in [0.4, 0.5) is 0 Å². The van der Waals surface area contributed by atoms with Crippen LogP contribution in [-0.4, -0.2) is 19.9 Å². The van der Waals surface area contributed by atoms with Crippen molar-refractivity contribution in [3.8, 4) is 39.0 Å². The number of hydrogen-bond acceptors (Lipinski definition) is 10. The molecule has 12 heteroatoms. The molecule has 0 radical (unpaired) electrons. The van der Waals surface area contributed by atoms with Gasteiger partial charge >= 0.3 is 0 Å². The highest BCUT2D eigenvalue weighted by molar-refractivity contribution is 9.11. The Morgan fingerprint density at radius 2 is 0.667 bits per heavy atom. The maximum atomic E-state index is 5.51. The number of fused-ring (bicyclic) bond motifs is 2. The molecule has 4 nitrogen and oxygen atoms in total. The number of rotatable bonds is 28. The highest BCUT2D eigenvalue weighted by Gasteiger charge is 2.26. The summed E-state index contributed by atoms with van der Waals surface area (Å²) in [5.74, 6) is 2.73. The molecule has 72 heavy (non-hydrogen) atoms. The molecule has 8 heterocycles. The van der Waals surface area contributed by atoms with Gasteiger partial charge in [-0.25, -0.2) is 19.9 Å². The minimum absolute atomic E-state index is 0.673. The van der Waals surface area contributed by atoms with Gasteiger partial charge in [-0.2, -0.15) is 0 Å². The summed E-state index contributed by atoms with van der Waals surface area (Å²) in [6.07, 6.45) is 24.4. The molecule has 0 N–H and O–H groups in total. The molecule has 0 saturated heterocycles. The molecular weight excluding hydrogens is 1130 g/mol. The van der Waals surface area contributed by atoms with Gasteiger partial charge in [0.05, 0.1) is 49.9 Å². The van der Waals surface area contributed by atoms with Crippen LogP contribution in [0.2, 0.25) is 0 Å². The lowest BCUT2D eigenvalue weighted by molar-refractivity contribution is 0.427. The summed E-state index contributed by atoms with van der Waals surface area (Å²) in [4.78, 5) is 32.2. The van der Waals surface area contributed by atoms with Crippen molar-refractivity contribution in [1.82, 2.24) is 19.9 Å². The lowest BCUT2D eigenvalue weighted by Crippen LogP contribution is -2.13. The summed E-state index contributed by atoms with van der Waals surface area (Å²) >= 11 is 18.3. The van der Waals surface area contributed by atoms with Crippen LogP contribution in [0, 0.1) is 23.7 Å². The van der Waals surface area contributed by atoms with Crippen molar-refractivity contribution < 1.29 is 0 Å². The number of aromatic nitrogens is 4. The Kier molecular flexibility index (Phi) is 23.5. The van der Waals surface area contributed by atoms with Crippen LogP contribution in [-0.2, 0) is 25.7 Å². The maximum Gasteiger partial charge on any atom is 0.109 e. The minimum atomic E-state index is 0.673.